The Hall–Kier alpha value is 1.37. The fraction of sp³-hybridized carbons (Fsp3) is 0.667. The molecule has 10 heteroatoms. The maximum absolute atomic E-state index is 10.2. The number of carboxylic acids is 3. The molecule has 0 atom stereocenters. The molecule has 0 radical (unpaired) electrons. The molecule has 19 heavy (non-hydrogen) atoms. The van der Waals surface area contributed by atoms with E-state index >= 15 is 0 Å². The van der Waals surface area contributed by atoms with Crippen LogP contribution in [0.4, 0.5) is 0 Å². The Kier molecular flexibility index (Phi) is 26.2. The third-order valence-corrected chi connectivity index (χ3v) is 1.90. The van der Waals surface area contributed by atoms with Crippen LogP contribution < -0.4 is 104 Å². The second-order valence-corrected chi connectivity index (χ2v) is 3.21. The zero-order valence-corrected chi connectivity index (χ0v) is 17.6. The maximum atomic E-state index is 10.2. The van der Waals surface area contributed by atoms with Gasteiger partial charge in [0.05, 0.1) is 0 Å². The van der Waals surface area contributed by atoms with E-state index in [0.29, 0.717) is 0 Å². The van der Waals surface area contributed by atoms with Crippen molar-refractivity contribution in [3.8, 4) is 0 Å². The minimum absolute atomic E-state index is 0. The molecule has 7 nitrogen and oxygen atoms in total. The van der Waals surface area contributed by atoms with Crippen LogP contribution in [0.15, 0.2) is 0 Å². The number of carbonyl (C=O) groups is 3. The molecule has 0 aromatic heterocycles. The standard InChI is InChI=1S/C9H15NO6.3Na/c11-7(12)1-4-10(5-2-8(13)14)6-3-9(15)16;;;/h1-6H2,(H,11,12)(H,13,14)(H,15,16);;;/q;3*+1/p-3. The second kappa shape index (κ2) is 17.4. The van der Waals surface area contributed by atoms with Crippen molar-refractivity contribution in [2.75, 3.05) is 19.6 Å². The summed E-state index contributed by atoms with van der Waals surface area (Å²) in [6.45, 7) is 0.134. The molecule has 0 heterocycles. The number of rotatable bonds is 9. The van der Waals surface area contributed by atoms with E-state index in [4.69, 9.17) is 0 Å². The molecule has 0 bridgehead atoms. The molecule has 0 N–H and O–H groups in total. The van der Waals surface area contributed by atoms with E-state index in [1.807, 2.05) is 0 Å². The van der Waals surface area contributed by atoms with Crippen molar-refractivity contribution in [1.29, 1.82) is 0 Å². The molecular weight excluding hydrogens is 287 g/mol. The SMILES string of the molecule is O=C([O-])CCN(CCC(=O)[O-])CCC(=O)[O-].[Na+].[Na+].[Na+]. The van der Waals surface area contributed by atoms with E-state index in [1.165, 1.54) is 4.90 Å². The summed E-state index contributed by atoms with van der Waals surface area (Å²) in [6.07, 6.45) is -0.833. The van der Waals surface area contributed by atoms with Crippen LogP contribution in [0.2, 0.25) is 0 Å². The minimum Gasteiger partial charge on any atom is -0.550 e. The molecule has 0 saturated carbocycles. The van der Waals surface area contributed by atoms with Gasteiger partial charge in [-0.1, -0.05) is 0 Å². The predicted octanol–water partition coefficient (Wildman–Crippen LogP) is -13.3. The Bertz CT molecular complexity index is 234. The van der Waals surface area contributed by atoms with Gasteiger partial charge in [0.15, 0.2) is 0 Å². The number of hydrogen-bond acceptors (Lipinski definition) is 7. The minimum atomic E-state index is -1.27. The number of aliphatic carboxylic acids is 3. The van der Waals surface area contributed by atoms with Crippen LogP contribution in [-0.2, 0) is 14.4 Å². The van der Waals surface area contributed by atoms with Crippen molar-refractivity contribution in [2.45, 2.75) is 19.3 Å². The number of nitrogens with zero attached hydrogens (tertiary/aromatic N) is 1. The van der Waals surface area contributed by atoms with E-state index in [2.05, 4.69) is 0 Å². The molecule has 0 saturated heterocycles. The maximum Gasteiger partial charge on any atom is 1.00 e. The summed E-state index contributed by atoms with van der Waals surface area (Å²) in [5, 5.41) is 30.6. The van der Waals surface area contributed by atoms with Gasteiger partial charge in [-0.2, -0.15) is 0 Å². The molecule has 0 fully saturated rings. The zero-order chi connectivity index (χ0) is 12.6. The number of hydrogen-bond donors (Lipinski definition) is 0. The van der Waals surface area contributed by atoms with Gasteiger partial charge in [0.25, 0.3) is 0 Å². The summed E-state index contributed by atoms with van der Waals surface area (Å²) < 4.78 is 0. The molecule has 0 aliphatic heterocycles. The molecule has 0 aliphatic carbocycles. The summed E-state index contributed by atoms with van der Waals surface area (Å²) in [5.74, 6) is -3.81. The quantitative estimate of drug-likeness (QED) is 0.387. The van der Waals surface area contributed by atoms with Crippen LogP contribution in [0.25, 0.3) is 0 Å². The van der Waals surface area contributed by atoms with Crippen LogP contribution in [0.3, 0.4) is 0 Å². The van der Waals surface area contributed by atoms with Crippen molar-refractivity contribution in [3.05, 3.63) is 0 Å². The Morgan fingerprint density at radius 1 is 0.632 bits per heavy atom. The molecule has 0 aromatic rings. The predicted molar refractivity (Wildman–Crippen MR) is 45.3 cm³/mol. The fourth-order valence-electron chi connectivity index (χ4n) is 1.08. The summed E-state index contributed by atoms with van der Waals surface area (Å²) in [5.41, 5.74) is 0. The molecular formula is C9H12NNa3O6. The van der Waals surface area contributed by atoms with Crippen molar-refractivity contribution in [1.82, 2.24) is 4.90 Å². The van der Waals surface area contributed by atoms with Crippen molar-refractivity contribution >= 4 is 17.9 Å². The zero-order valence-electron chi connectivity index (χ0n) is 11.6. The van der Waals surface area contributed by atoms with Gasteiger partial charge in [-0.15, -0.1) is 0 Å². The smallest absolute Gasteiger partial charge is 0.550 e. The van der Waals surface area contributed by atoms with Crippen LogP contribution in [0.5, 0.6) is 0 Å². The largest absolute Gasteiger partial charge is 1.00 e. The molecule has 0 rings (SSSR count). The van der Waals surface area contributed by atoms with Crippen molar-refractivity contribution in [3.63, 3.8) is 0 Å². The molecule has 0 spiro atoms. The van der Waals surface area contributed by atoms with Crippen LogP contribution in [0, 0.1) is 0 Å². The molecule has 0 aliphatic rings. The van der Waals surface area contributed by atoms with E-state index < -0.39 is 17.9 Å². The Morgan fingerprint density at radius 3 is 1.00 bits per heavy atom. The first-order valence-electron chi connectivity index (χ1n) is 4.73. The summed E-state index contributed by atoms with van der Waals surface area (Å²) in [6, 6.07) is 0. The van der Waals surface area contributed by atoms with Crippen molar-refractivity contribution in [2.24, 2.45) is 0 Å². The van der Waals surface area contributed by atoms with Gasteiger partial charge in [-0.25, -0.2) is 0 Å². The average molecular weight is 299 g/mol. The third-order valence-electron chi connectivity index (χ3n) is 1.90. The molecule has 0 amide bonds. The van der Waals surface area contributed by atoms with E-state index in [9.17, 15) is 29.7 Å². The summed E-state index contributed by atoms with van der Waals surface area (Å²) in [4.78, 5) is 32.0. The van der Waals surface area contributed by atoms with Gasteiger partial charge in [-0.3, -0.25) is 0 Å². The van der Waals surface area contributed by atoms with Gasteiger partial charge in [0, 0.05) is 37.5 Å². The van der Waals surface area contributed by atoms with E-state index in [1.54, 1.807) is 0 Å². The third kappa shape index (κ3) is 21.8. The number of carboxylic acid groups (broad SMARTS) is 3. The van der Waals surface area contributed by atoms with Crippen LogP contribution in [0.1, 0.15) is 19.3 Å². The van der Waals surface area contributed by atoms with Gasteiger partial charge in [0.2, 0.25) is 0 Å². The summed E-state index contributed by atoms with van der Waals surface area (Å²) in [7, 11) is 0. The van der Waals surface area contributed by atoms with Crippen LogP contribution >= 0.6 is 0 Å². The fourth-order valence-corrected chi connectivity index (χ4v) is 1.08. The average Bonchev–Trinajstić information content (AvgIpc) is 2.15. The summed E-state index contributed by atoms with van der Waals surface area (Å²) >= 11 is 0. The Labute approximate surface area is 178 Å². The monoisotopic (exact) mass is 299 g/mol. The first-order valence-corrected chi connectivity index (χ1v) is 4.73. The molecule has 0 unspecified atom stereocenters. The van der Waals surface area contributed by atoms with Gasteiger partial charge in [0.1, 0.15) is 0 Å². The Morgan fingerprint density at radius 2 is 0.842 bits per heavy atom. The first-order chi connectivity index (χ1) is 7.41. The van der Waals surface area contributed by atoms with Gasteiger partial charge < -0.3 is 34.6 Å². The Balaban J connectivity index is -0.000000375. The van der Waals surface area contributed by atoms with E-state index in [0.717, 1.165) is 0 Å². The van der Waals surface area contributed by atoms with Crippen molar-refractivity contribution < 1.29 is 118 Å². The normalized spacial score (nSPS) is 8.68. The second-order valence-electron chi connectivity index (χ2n) is 3.21. The van der Waals surface area contributed by atoms with Gasteiger partial charge >= 0.3 is 88.7 Å². The first kappa shape index (κ1) is 28.5. The molecule has 0 aromatic carbocycles. The topological polar surface area (TPSA) is 124 Å². The van der Waals surface area contributed by atoms with Crippen LogP contribution in [-0.4, -0.2) is 42.4 Å². The van der Waals surface area contributed by atoms with E-state index in [-0.39, 0.29) is 128 Å². The molecule has 92 valence electrons. The van der Waals surface area contributed by atoms with Gasteiger partial charge in [-0.05, 0) is 19.3 Å². The number of carbonyl (C=O) groups excluding carboxylic acids is 3.